The topological polar surface area (TPSA) is 77.8 Å². The van der Waals surface area contributed by atoms with Gasteiger partial charge in [-0.2, -0.15) is 0 Å². The molecule has 4 heteroatoms. The van der Waals surface area contributed by atoms with Gasteiger partial charge in [0.05, 0.1) is 5.57 Å². The molecule has 0 spiro atoms. The molecule has 0 saturated carbocycles. The lowest BCUT2D eigenvalue weighted by Gasteiger charge is -2.04. The molecule has 0 aliphatic carbocycles. The summed E-state index contributed by atoms with van der Waals surface area (Å²) < 4.78 is 0. The summed E-state index contributed by atoms with van der Waals surface area (Å²) in [6.07, 6.45) is 1.37. The van der Waals surface area contributed by atoms with E-state index in [4.69, 9.17) is 0 Å². The molecule has 2 rings (SSSR count). The molecule has 19 heavy (non-hydrogen) atoms. The number of hydrogen-bond donors (Lipinski definition) is 3. The Balaban J connectivity index is 2.51. The summed E-state index contributed by atoms with van der Waals surface area (Å²) in [5.74, 6) is -1.33. The standard InChI is InChI=1S/C15H12O4/c16-12-7-6-11(14(17)9-12)8-13(15(18)19)10-4-2-1-3-5-10/h1-9,16-17H,(H,18,19)/b13-8+. The zero-order chi connectivity index (χ0) is 13.8. The summed E-state index contributed by atoms with van der Waals surface area (Å²) in [5, 5.41) is 28.1. The first kappa shape index (κ1) is 12.7. The van der Waals surface area contributed by atoms with E-state index in [1.165, 1.54) is 18.2 Å². The molecule has 0 radical (unpaired) electrons. The van der Waals surface area contributed by atoms with Crippen molar-refractivity contribution in [3.8, 4) is 11.5 Å². The number of aliphatic carboxylic acids is 1. The number of phenolic OH excluding ortho intramolecular Hbond substituents is 2. The minimum atomic E-state index is -1.08. The predicted octanol–water partition coefficient (Wildman–Crippen LogP) is 2.72. The number of phenols is 2. The summed E-state index contributed by atoms with van der Waals surface area (Å²) in [4.78, 5) is 11.3. The molecule has 0 unspecified atom stereocenters. The van der Waals surface area contributed by atoms with Crippen LogP contribution in [0.5, 0.6) is 11.5 Å². The lowest BCUT2D eigenvalue weighted by Crippen LogP contribution is -1.99. The number of hydrogen-bond acceptors (Lipinski definition) is 3. The molecule has 0 amide bonds. The molecule has 4 nitrogen and oxygen atoms in total. The average molecular weight is 256 g/mol. The maximum absolute atomic E-state index is 11.3. The second-order valence-electron chi connectivity index (χ2n) is 3.97. The van der Waals surface area contributed by atoms with Gasteiger partial charge in [-0.15, -0.1) is 0 Å². The van der Waals surface area contributed by atoms with E-state index in [0.717, 1.165) is 6.07 Å². The van der Waals surface area contributed by atoms with Crippen molar-refractivity contribution in [3.63, 3.8) is 0 Å². The third-order valence-electron chi connectivity index (χ3n) is 2.63. The molecule has 0 aliphatic rings. The highest BCUT2D eigenvalue weighted by atomic mass is 16.4. The Labute approximate surface area is 109 Å². The van der Waals surface area contributed by atoms with E-state index in [2.05, 4.69) is 0 Å². The van der Waals surface area contributed by atoms with Crippen LogP contribution in [0.4, 0.5) is 0 Å². The van der Waals surface area contributed by atoms with E-state index < -0.39 is 5.97 Å². The maximum atomic E-state index is 11.3. The first-order valence-corrected chi connectivity index (χ1v) is 5.60. The summed E-state index contributed by atoms with van der Waals surface area (Å²) in [7, 11) is 0. The highest BCUT2D eigenvalue weighted by Gasteiger charge is 2.11. The Kier molecular flexibility index (Phi) is 3.52. The van der Waals surface area contributed by atoms with Gasteiger partial charge >= 0.3 is 5.97 Å². The monoisotopic (exact) mass is 256 g/mol. The fraction of sp³-hybridized carbons (Fsp3) is 0. The van der Waals surface area contributed by atoms with Crippen LogP contribution < -0.4 is 0 Å². The van der Waals surface area contributed by atoms with E-state index >= 15 is 0 Å². The van der Waals surface area contributed by atoms with Crippen LogP contribution in [0.1, 0.15) is 11.1 Å². The van der Waals surface area contributed by atoms with Crippen molar-refractivity contribution >= 4 is 17.6 Å². The SMILES string of the molecule is O=C(O)/C(=C/c1ccc(O)cc1O)c1ccccc1. The number of rotatable bonds is 3. The molecular formula is C15H12O4. The Hall–Kier alpha value is -2.75. The highest BCUT2D eigenvalue weighted by Crippen LogP contribution is 2.27. The number of aromatic hydroxyl groups is 2. The van der Waals surface area contributed by atoms with Crippen molar-refractivity contribution in [2.24, 2.45) is 0 Å². The third-order valence-corrected chi connectivity index (χ3v) is 2.63. The smallest absolute Gasteiger partial charge is 0.336 e. The molecule has 96 valence electrons. The highest BCUT2D eigenvalue weighted by molar-refractivity contribution is 6.20. The lowest BCUT2D eigenvalue weighted by atomic mass is 10.0. The van der Waals surface area contributed by atoms with Gasteiger partial charge in [-0.1, -0.05) is 30.3 Å². The van der Waals surface area contributed by atoms with Gasteiger partial charge in [-0.05, 0) is 23.8 Å². The van der Waals surface area contributed by atoms with Crippen LogP contribution >= 0.6 is 0 Å². The number of carbonyl (C=O) groups is 1. The van der Waals surface area contributed by atoms with E-state index in [0.29, 0.717) is 11.1 Å². The van der Waals surface area contributed by atoms with Crippen LogP contribution in [0.25, 0.3) is 11.6 Å². The molecule has 2 aromatic rings. The van der Waals surface area contributed by atoms with Gasteiger partial charge < -0.3 is 15.3 Å². The van der Waals surface area contributed by atoms with Gasteiger partial charge in [0.15, 0.2) is 0 Å². The maximum Gasteiger partial charge on any atom is 0.336 e. The van der Waals surface area contributed by atoms with Gasteiger partial charge in [0.25, 0.3) is 0 Å². The average Bonchev–Trinajstić information content (AvgIpc) is 2.38. The first-order chi connectivity index (χ1) is 9.08. The van der Waals surface area contributed by atoms with Crippen LogP contribution in [0.15, 0.2) is 48.5 Å². The van der Waals surface area contributed by atoms with Crippen LogP contribution in [-0.4, -0.2) is 21.3 Å². The molecule has 0 aliphatic heterocycles. The fourth-order valence-electron chi connectivity index (χ4n) is 1.70. The Morgan fingerprint density at radius 3 is 2.26 bits per heavy atom. The molecule has 3 N–H and O–H groups in total. The normalized spacial score (nSPS) is 11.3. The number of carboxylic acids is 1. The molecule has 0 fully saturated rings. The van der Waals surface area contributed by atoms with E-state index in [1.807, 2.05) is 0 Å². The number of benzene rings is 2. The molecule has 0 atom stereocenters. The van der Waals surface area contributed by atoms with Crippen molar-refractivity contribution < 1.29 is 20.1 Å². The predicted molar refractivity (Wildman–Crippen MR) is 71.7 cm³/mol. The molecule has 0 aromatic heterocycles. The zero-order valence-electron chi connectivity index (χ0n) is 9.95. The van der Waals surface area contributed by atoms with Crippen molar-refractivity contribution in [1.29, 1.82) is 0 Å². The van der Waals surface area contributed by atoms with E-state index in [-0.39, 0.29) is 17.1 Å². The van der Waals surface area contributed by atoms with Crippen LogP contribution in [0.3, 0.4) is 0 Å². The van der Waals surface area contributed by atoms with Crippen LogP contribution in [0, 0.1) is 0 Å². The Bertz CT molecular complexity index is 630. The number of carboxylic acid groups (broad SMARTS) is 1. The van der Waals surface area contributed by atoms with Crippen molar-refractivity contribution in [1.82, 2.24) is 0 Å². The third kappa shape index (κ3) is 2.93. The first-order valence-electron chi connectivity index (χ1n) is 5.60. The minimum Gasteiger partial charge on any atom is -0.508 e. The summed E-state index contributed by atoms with van der Waals surface area (Å²) in [5.41, 5.74) is 0.947. The van der Waals surface area contributed by atoms with Crippen molar-refractivity contribution in [2.75, 3.05) is 0 Å². The van der Waals surface area contributed by atoms with Crippen LogP contribution in [0.2, 0.25) is 0 Å². The van der Waals surface area contributed by atoms with E-state index in [9.17, 15) is 20.1 Å². The molecule has 0 saturated heterocycles. The van der Waals surface area contributed by atoms with Gasteiger partial charge in [-0.25, -0.2) is 4.79 Å². The van der Waals surface area contributed by atoms with Gasteiger partial charge in [0, 0.05) is 11.6 Å². The quantitative estimate of drug-likeness (QED) is 0.583. The zero-order valence-corrected chi connectivity index (χ0v) is 9.95. The summed E-state index contributed by atoms with van der Waals surface area (Å²) in [6, 6.07) is 12.6. The van der Waals surface area contributed by atoms with E-state index in [1.54, 1.807) is 30.3 Å². The van der Waals surface area contributed by atoms with Crippen molar-refractivity contribution in [2.45, 2.75) is 0 Å². The molecule has 0 bridgehead atoms. The molecule has 0 heterocycles. The molecule has 2 aromatic carbocycles. The fourth-order valence-corrected chi connectivity index (χ4v) is 1.70. The second-order valence-corrected chi connectivity index (χ2v) is 3.97. The van der Waals surface area contributed by atoms with Crippen molar-refractivity contribution in [3.05, 3.63) is 59.7 Å². The Morgan fingerprint density at radius 1 is 1.00 bits per heavy atom. The van der Waals surface area contributed by atoms with Crippen LogP contribution in [-0.2, 0) is 4.79 Å². The largest absolute Gasteiger partial charge is 0.508 e. The molecular weight excluding hydrogens is 244 g/mol. The second kappa shape index (κ2) is 5.27. The summed E-state index contributed by atoms with van der Waals surface area (Å²) >= 11 is 0. The van der Waals surface area contributed by atoms with Gasteiger partial charge in [-0.3, -0.25) is 0 Å². The summed E-state index contributed by atoms with van der Waals surface area (Å²) in [6.45, 7) is 0. The lowest BCUT2D eigenvalue weighted by molar-refractivity contribution is -0.130. The van der Waals surface area contributed by atoms with Gasteiger partial charge in [0.1, 0.15) is 11.5 Å². The Morgan fingerprint density at radius 2 is 1.68 bits per heavy atom. The van der Waals surface area contributed by atoms with Gasteiger partial charge in [0.2, 0.25) is 0 Å². The minimum absolute atomic E-state index is 0.0709.